The van der Waals surface area contributed by atoms with Gasteiger partial charge < -0.3 is 14.6 Å². The van der Waals surface area contributed by atoms with E-state index < -0.39 is 0 Å². The van der Waals surface area contributed by atoms with Crippen molar-refractivity contribution in [1.82, 2.24) is 15.5 Å². The normalized spacial score (nSPS) is 19.5. The van der Waals surface area contributed by atoms with Gasteiger partial charge in [0.25, 0.3) is 0 Å². The summed E-state index contributed by atoms with van der Waals surface area (Å²) >= 11 is 0. The van der Waals surface area contributed by atoms with Crippen LogP contribution in [-0.2, 0) is 11.2 Å². The molecule has 3 rings (SSSR count). The number of hydrogen-bond acceptors (Lipinski definition) is 5. The summed E-state index contributed by atoms with van der Waals surface area (Å²) in [5.41, 5.74) is 0.930. The maximum atomic E-state index is 12.8. The zero-order chi connectivity index (χ0) is 13.1. The second kappa shape index (κ2) is 5.46. The summed E-state index contributed by atoms with van der Waals surface area (Å²) in [5, 5.41) is 7.14. The van der Waals surface area contributed by atoms with Gasteiger partial charge in [-0.25, -0.2) is 4.39 Å². The first-order chi connectivity index (χ1) is 9.31. The van der Waals surface area contributed by atoms with E-state index >= 15 is 0 Å². The lowest BCUT2D eigenvalue weighted by atomic mass is 10.1. The molecule has 1 unspecified atom stereocenters. The van der Waals surface area contributed by atoms with Crippen LogP contribution in [0.3, 0.4) is 0 Å². The van der Waals surface area contributed by atoms with Crippen LogP contribution in [-0.4, -0.2) is 29.8 Å². The Bertz CT molecular complexity index is 535. The monoisotopic (exact) mass is 263 g/mol. The molecular formula is C13H14FN3O2. The van der Waals surface area contributed by atoms with Gasteiger partial charge in [0.2, 0.25) is 11.7 Å². The highest BCUT2D eigenvalue weighted by molar-refractivity contribution is 5.19. The summed E-state index contributed by atoms with van der Waals surface area (Å²) in [6.45, 7) is 2.18. The first-order valence-electron chi connectivity index (χ1n) is 6.20. The summed E-state index contributed by atoms with van der Waals surface area (Å²) in [4.78, 5) is 4.32. The molecule has 0 radical (unpaired) electrons. The number of hydrogen-bond donors (Lipinski definition) is 1. The van der Waals surface area contributed by atoms with Crippen LogP contribution in [0.2, 0.25) is 0 Å². The van der Waals surface area contributed by atoms with Crippen LogP contribution in [0.15, 0.2) is 28.8 Å². The van der Waals surface area contributed by atoms with Crippen LogP contribution in [0.1, 0.15) is 23.4 Å². The molecule has 5 nitrogen and oxygen atoms in total. The molecule has 1 fully saturated rings. The van der Waals surface area contributed by atoms with Crippen molar-refractivity contribution in [3.05, 3.63) is 47.4 Å². The Morgan fingerprint density at radius 3 is 2.89 bits per heavy atom. The molecule has 1 N–H and O–H groups in total. The molecule has 1 saturated heterocycles. The topological polar surface area (TPSA) is 60.2 Å². The average Bonchev–Trinajstić information content (AvgIpc) is 2.91. The molecule has 2 heterocycles. The fraction of sp³-hybridized carbons (Fsp3) is 0.385. The van der Waals surface area contributed by atoms with Crippen molar-refractivity contribution >= 4 is 0 Å². The first-order valence-corrected chi connectivity index (χ1v) is 6.20. The minimum Gasteiger partial charge on any atom is -0.367 e. The summed E-state index contributed by atoms with van der Waals surface area (Å²) in [5.74, 6) is 0.816. The van der Waals surface area contributed by atoms with E-state index in [4.69, 9.17) is 9.26 Å². The largest absolute Gasteiger partial charge is 0.367 e. The Kier molecular flexibility index (Phi) is 3.52. The third kappa shape index (κ3) is 2.97. The van der Waals surface area contributed by atoms with Gasteiger partial charge in [0.1, 0.15) is 11.9 Å². The number of aromatic nitrogens is 2. The van der Waals surface area contributed by atoms with Gasteiger partial charge >= 0.3 is 0 Å². The van der Waals surface area contributed by atoms with Crippen LogP contribution in [0, 0.1) is 5.82 Å². The summed E-state index contributed by atoms with van der Waals surface area (Å²) in [6.07, 6.45) is 0.340. The molecular weight excluding hydrogens is 249 g/mol. The molecule has 1 atom stereocenters. The highest BCUT2D eigenvalue weighted by atomic mass is 19.1. The number of halogens is 1. The zero-order valence-electron chi connectivity index (χ0n) is 10.3. The van der Waals surface area contributed by atoms with Gasteiger partial charge in [0.15, 0.2) is 0 Å². The van der Waals surface area contributed by atoms with Crippen LogP contribution >= 0.6 is 0 Å². The van der Waals surface area contributed by atoms with E-state index in [1.807, 2.05) is 0 Å². The number of ether oxygens (including phenoxy) is 1. The minimum absolute atomic E-state index is 0.153. The van der Waals surface area contributed by atoms with E-state index in [9.17, 15) is 4.39 Å². The molecule has 0 amide bonds. The van der Waals surface area contributed by atoms with Gasteiger partial charge in [0.05, 0.1) is 13.0 Å². The van der Waals surface area contributed by atoms with Gasteiger partial charge in [0, 0.05) is 13.1 Å². The molecule has 6 heteroatoms. The van der Waals surface area contributed by atoms with Gasteiger partial charge in [-0.2, -0.15) is 4.98 Å². The van der Waals surface area contributed by atoms with Gasteiger partial charge in [-0.05, 0) is 17.7 Å². The number of rotatable bonds is 3. The van der Waals surface area contributed by atoms with Crippen molar-refractivity contribution < 1.29 is 13.7 Å². The van der Waals surface area contributed by atoms with Crippen molar-refractivity contribution in [3.8, 4) is 0 Å². The third-order valence-electron chi connectivity index (χ3n) is 2.97. The number of benzene rings is 1. The third-order valence-corrected chi connectivity index (χ3v) is 2.97. The minimum atomic E-state index is -0.253. The molecule has 2 aromatic rings. The SMILES string of the molecule is Fc1ccc(Cc2nc(C3CNCCO3)no2)cc1. The lowest BCUT2D eigenvalue weighted by molar-refractivity contribution is 0.0208. The lowest BCUT2D eigenvalue weighted by Crippen LogP contribution is -2.33. The Morgan fingerprint density at radius 2 is 2.16 bits per heavy atom. The average molecular weight is 263 g/mol. The Hall–Kier alpha value is -1.79. The van der Waals surface area contributed by atoms with Crippen molar-refractivity contribution in [3.63, 3.8) is 0 Å². The van der Waals surface area contributed by atoms with Gasteiger partial charge in [-0.1, -0.05) is 17.3 Å². The first kappa shape index (κ1) is 12.3. The molecule has 1 aromatic heterocycles. The summed E-state index contributed by atoms with van der Waals surface area (Å²) in [6, 6.07) is 6.25. The van der Waals surface area contributed by atoms with Crippen LogP contribution in [0.5, 0.6) is 0 Å². The van der Waals surface area contributed by atoms with E-state index in [0.29, 0.717) is 31.3 Å². The van der Waals surface area contributed by atoms with E-state index in [0.717, 1.165) is 12.1 Å². The maximum absolute atomic E-state index is 12.8. The van der Waals surface area contributed by atoms with Crippen molar-refractivity contribution in [1.29, 1.82) is 0 Å². The maximum Gasteiger partial charge on any atom is 0.231 e. The smallest absolute Gasteiger partial charge is 0.231 e. The standard InChI is InChI=1S/C13H14FN3O2/c14-10-3-1-9(2-4-10)7-12-16-13(17-19-12)11-8-15-5-6-18-11/h1-4,11,15H,5-8H2. The Labute approximate surface area is 109 Å². The number of nitrogens with one attached hydrogen (secondary N) is 1. The number of nitrogens with zero attached hydrogens (tertiary/aromatic N) is 2. The fourth-order valence-corrected chi connectivity index (χ4v) is 1.98. The lowest BCUT2D eigenvalue weighted by Gasteiger charge is -2.20. The fourth-order valence-electron chi connectivity index (χ4n) is 1.98. The molecule has 1 aromatic carbocycles. The second-order valence-electron chi connectivity index (χ2n) is 4.41. The van der Waals surface area contributed by atoms with Gasteiger partial charge in [-0.3, -0.25) is 0 Å². The molecule has 19 heavy (non-hydrogen) atoms. The molecule has 100 valence electrons. The zero-order valence-corrected chi connectivity index (χ0v) is 10.3. The predicted molar refractivity (Wildman–Crippen MR) is 65.1 cm³/mol. The molecule has 0 saturated carbocycles. The molecule has 0 spiro atoms. The van der Waals surface area contributed by atoms with Crippen LogP contribution < -0.4 is 5.32 Å². The van der Waals surface area contributed by atoms with Crippen molar-refractivity contribution in [2.75, 3.05) is 19.7 Å². The Morgan fingerprint density at radius 1 is 1.32 bits per heavy atom. The predicted octanol–water partition coefficient (Wildman–Crippen LogP) is 1.46. The van der Waals surface area contributed by atoms with Crippen molar-refractivity contribution in [2.24, 2.45) is 0 Å². The molecule has 0 bridgehead atoms. The van der Waals surface area contributed by atoms with Crippen molar-refractivity contribution in [2.45, 2.75) is 12.5 Å². The van der Waals surface area contributed by atoms with E-state index in [1.54, 1.807) is 12.1 Å². The molecule has 1 aliphatic heterocycles. The number of morpholine rings is 1. The molecule has 1 aliphatic rings. The Balaban J connectivity index is 1.68. The second-order valence-corrected chi connectivity index (χ2v) is 4.41. The molecule has 0 aliphatic carbocycles. The van der Waals surface area contributed by atoms with Crippen LogP contribution in [0.25, 0.3) is 0 Å². The van der Waals surface area contributed by atoms with Gasteiger partial charge in [-0.15, -0.1) is 0 Å². The summed E-state index contributed by atoms with van der Waals surface area (Å²) in [7, 11) is 0. The highest BCUT2D eigenvalue weighted by Crippen LogP contribution is 2.16. The van der Waals surface area contributed by atoms with E-state index in [2.05, 4.69) is 15.5 Å². The van der Waals surface area contributed by atoms with E-state index in [-0.39, 0.29) is 11.9 Å². The van der Waals surface area contributed by atoms with Crippen LogP contribution in [0.4, 0.5) is 4.39 Å². The quantitative estimate of drug-likeness (QED) is 0.908. The van der Waals surface area contributed by atoms with E-state index in [1.165, 1.54) is 12.1 Å². The summed E-state index contributed by atoms with van der Waals surface area (Å²) < 4.78 is 23.5. The highest BCUT2D eigenvalue weighted by Gasteiger charge is 2.21.